The predicted molar refractivity (Wildman–Crippen MR) is 145 cm³/mol. The van der Waals surface area contributed by atoms with E-state index in [0.29, 0.717) is 0 Å². The summed E-state index contributed by atoms with van der Waals surface area (Å²) in [5, 5.41) is 0. The van der Waals surface area contributed by atoms with Gasteiger partial charge in [0.15, 0.2) is 0 Å². The lowest BCUT2D eigenvalue weighted by Crippen LogP contribution is -1.92. The number of hydrogen-bond acceptors (Lipinski definition) is 0. The van der Waals surface area contributed by atoms with E-state index in [4.69, 9.17) is 0 Å². The summed E-state index contributed by atoms with van der Waals surface area (Å²) >= 11 is 0. The Morgan fingerprint density at radius 2 is 1.00 bits per heavy atom. The minimum absolute atomic E-state index is 0.826. The lowest BCUT2D eigenvalue weighted by molar-refractivity contribution is 0.485. The van der Waals surface area contributed by atoms with Crippen LogP contribution in [0.1, 0.15) is 142 Å². The van der Waals surface area contributed by atoms with Crippen molar-refractivity contribution in [1.29, 1.82) is 0 Å². The Morgan fingerprint density at radius 3 is 1.55 bits per heavy atom. The largest absolute Gasteiger partial charge is 0.103 e. The third-order valence-electron chi connectivity index (χ3n) is 6.47. The van der Waals surface area contributed by atoms with Crippen LogP contribution in [0.2, 0.25) is 0 Å². The minimum atomic E-state index is 0.826. The second kappa shape index (κ2) is 25.2. The average Bonchev–Trinajstić information content (AvgIpc) is 2.76. The molecule has 0 heterocycles. The van der Waals surface area contributed by atoms with Gasteiger partial charge in [-0.2, -0.15) is 0 Å². The highest BCUT2D eigenvalue weighted by molar-refractivity contribution is 5.02. The molecule has 180 valence electrons. The van der Waals surface area contributed by atoms with Gasteiger partial charge in [-0.25, -0.2) is 0 Å². The van der Waals surface area contributed by atoms with E-state index in [0.717, 1.165) is 5.92 Å². The third kappa shape index (κ3) is 23.5. The molecule has 0 aliphatic heterocycles. The number of allylic oxidation sites excluding steroid dienone is 5. The SMILES string of the molecule is C=CCCCCCCC(=CCCCCCCCCCC(C)CC=C)CCCCCC=C. The zero-order valence-electron chi connectivity index (χ0n) is 21.4. The summed E-state index contributed by atoms with van der Waals surface area (Å²) in [5.41, 5.74) is 1.75. The molecular weight excluding hydrogens is 372 g/mol. The van der Waals surface area contributed by atoms with Crippen molar-refractivity contribution in [2.45, 2.75) is 142 Å². The van der Waals surface area contributed by atoms with Crippen molar-refractivity contribution in [2.24, 2.45) is 5.92 Å². The summed E-state index contributed by atoms with van der Waals surface area (Å²) < 4.78 is 0. The van der Waals surface area contributed by atoms with Crippen LogP contribution < -0.4 is 0 Å². The Balaban J connectivity index is 3.87. The zero-order valence-corrected chi connectivity index (χ0v) is 21.4. The molecule has 0 rings (SSSR count). The number of unbranched alkanes of at least 4 members (excludes halogenated alkanes) is 14. The molecule has 0 aliphatic rings. The molecule has 0 heteroatoms. The molecular formula is C31H56. The van der Waals surface area contributed by atoms with E-state index in [1.54, 1.807) is 5.57 Å². The van der Waals surface area contributed by atoms with Crippen LogP contribution in [-0.2, 0) is 0 Å². The molecule has 31 heavy (non-hydrogen) atoms. The van der Waals surface area contributed by atoms with Gasteiger partial charge in [-0.15, -0.1) is 19.7 Å². The molecule has 1 atom stereocenters. The summed E-state index contributed by atoms with van der Waals surface area (Å²) in [5.74, 6) is 0.826. The van der Waals surface area contributed by atoms with Gasteiger partial charge in [0, 0.05) is 0 Å². The molecule has 0 aromatic heterocycles. The number of hydrogen-bond donors (Lipinski definition) is 0. The Morgan fingerprint density at radius 1 is 0.548 bits per heavy atom. The minimum Gasteiger partial charge on any atom is -0.103 e. The monoisotopic (exact) mass is 428 g/mol. The van der Waals surface area contributed by atoms with Gasteiger partial charge in [0.25, 0.3) is 0 Å². The fourth-order valence-corrected chi connectivity index (χ4v) is 4.37. The van der Waals surface area contributed by atoms with Crippen molar-refractivity contribution < 1.29 is 0 Å². The van der Waals surface area contributed by atoms with Gasteiger partial charge in [-0.3, -0.25) is 0 Å². The molecule has 0 fully saturated rings. The Kier molecular flexibility index (Phi) is 24.4. The van der Waals surface area contributed by atoms with Crippen molar-refractivity contribution in [3.63, 3.8) is 0 Å². The van der Waals surface area contributed by atoms with Gasteiger partial charge < -0.3 is 0 Å². The molecule has 0 bridgehead atoms. The smallest absolute Gasteiger partial charge is 0.0320 e. The first kappa shape index (κ1) is 30.0. The van der Waals surface area contributed by atoms with E-state index in [9.17, 15) is 0 Å². The van der Waals surface area contributed by atoms with Crippen molar-refractivity contribution >= 4 is 0 Å². The van der Waals surface area contributed by atoms with Crippen LogP contribution in [0.5, 0.6) is 0 Å². The van der Waals surface area contributed by atoms with Crippen molar-refractivity contribution in [1.82, 2.24) is 0 Å². The molecule has 0 saturated heterocycles. The van der Waals surface area contributed by atoms with Crippen LogP contribution in [0.15, 0.2) is 49.6 Å². The predicted octanol–water partition coefficient (Wildman–Crippen LogP) is 11.3. The Bertz CT molecular complexity index is 427. The molecule has 0 N–H and O–H groups in total. The summed E-state index contributed by atoms with van der Waals surface area (Å²) in [6, 6.07) is 0. The molecule has 0 nitrogen and oxygen atoms in total. The standard InChI is InChI=1S/C31H56/c1-5-8-10-12-19-23-28-31(27-22-17-11-9-6-2)29-24-20-16-14-13-15-18-21-26-30(4)25-7-3/h5-7,29-30H,1-3,8-28H2,4H3. The number of rotatable bonds is 25. The van der Waals surface area contributed by atoms with Crippen LogP contribution in [0.25, 0.3) is 0 Å². The highest BCUT2D eigenvalue weighted by atomic mass is 14.1. The van der Waals surface area contributed by atoms with Crippen molar-refractivity contribution in [2.75, 3.05) is 0 Å². The molecule has 0 aromatic rings. The topological polar surface area (TPSA) is 0 Å². The van der Waals surface area contributed by atoms with E-state index in [2.05, 4.69) is 51.0 Å². The Labute approximate surface area is 197 Å². The first-order valence-electron chi connectivity index (χ1n) is 13.7. The van der Waals surface area contributed by atoms with Gasteiger partial charge in [-0.1, -0.05) is 101 Å². The second-order valence-electron chi connectivity index (χ2n) is 9.67. The fraction of sp³-hybridized carbons (Fsp3) is 0.742. The molecule has 0 spiro atoms. The lowest BCUT2D eigenvalue weighted by Gasteiger charge is -2.09. The first-order valence-corrected chi connectivity index (χ1v) is 13.7. The van der Waals surface area contributed by atoms with Crippen LogP contribution in [0.3, 0.4) is 0 Å². The van der Waals surface area contributed by atoms with Gasteiger partial charge in [0.2, 0.25) is 0 Å². The average molecular weight is 429 g/mol. The summed E-state index contributed by atoms with van der Waals surface area (Å²) in [7, 11) is 0. The quantitative estimate of drug-likeness (QED) is 0.100. The highest BCUT2D eigenvalue weighted by Gasteiger charge is 2.01. The van der Waals surface area contributed by atoms with E-state index in [1.165, 1.54) is 135 Å². The zero-order chi connectivity index (χ0) is 22.8. The molecule has 0 radical (unpaired) electrons. The fourth-order valence-electron chi connectivity index (χ4n) is 4.37. The van der Waals surface area contributed by atoms with Gasteiger partial charge in [0.05, 0.1) is 0 Å². The normalized spacial score (nSPS) is 12.6. The summed E-state index contributed by atoms with van der Waals surface area (Å²) in [6.45, 7) is 13.9. The van der Waals surface area contributed by atoms with Gasteiger partial charge >= 0.3 is 0 Å². The summed E-state index contributed by atoms with van der Waals surface area (Å²) in [6.07, 6.45) is 37.1. The van der Waals surface area contributed by atoms with Crippen LogP contribution in [0, 0.1) is 5.92 Å². The van der Waals surface area contributed by atoms with E-state index in [1.807, 2.05) is 0 Å². The van der Waals surface area contributed by atoms with E-state index >= 15 is 0 Å². The molecule has 0 saturated carbocycles. The van der Waals surface area contributed by atoms with Crippen LogP contribution in [-0.4, -0.2) is 0 Å². The molecule has 1 unspecified atom stereocenters. The lowest BCUT2D eigenvalue weighted by atomic mass is 9.97. The summed E-state index contributed by atoms with van der Waals surface area (Å²) in [4.78, 5) is 0. The van der Waals surface area contributed by atoms with Crippen LogP contribution in [0.4, 0.5) is 0 Å². The van der Waals surface area contributed by atoms with Crippen molar-refractivity contribution in [3.05, 3.63) is 49.6 Å². The highest BCUT2D eigenvalue weighted by Crippen LogP contribution is 2.20. The van der Waals surface area contributed by atoms with Gasteiger partial charge in [-0.05, 0) is 76.5 Å². The maximum atomic E-state index is 3.85. The molecule has 0 amide bonds. The second-order valence-corrected chi connectivity index (χ2v) is 9.67. The maximum Gasteiger partial charge on any atom is -0.0320 e. The maximum absolute atomic E-state index is 3.85. The third-order valence-corrected chi connectivity index (χ3v) is 6.47. The first-order chi connectivity index (χ1) is 15.2. The Hall–Kier alpha value is -1.04. The molecule has 0 aromatic carbocycles. The van der Waals surface area contributed by atoms with E-state index < -0.39 is 0 Å². The van der Waals surface area contributed by atoms with Crippen molar-refractivity contribution in [3.8, 4) is 0 Å². The van der Waals surface area contributed by atoms with E-state index in [-0.39, 0.29) is 0 Å². The van der Waals surface area contributed by atoms with Gasteiger partial charge in [0.1, 0.15) is 0 Å². The molecule has 0 aliphatic carbocycles. The van der Waals surface area contributed by atoms with Crippen LogP contribution >= 0.6 is 0 Å².